The monoisotopic (exact) mass is 503 g/mol. The molecular weight excluding hydrogens is 466 g/mol. The molecule has 4 rings (SSSR count). The third kappa shape index (κ3) is 4.53. The van der Waals surface area contributed by atoms with Gasteiger partial charge in [0, 0.05) is 17.0 Å². The molecule has 1 aromatic rings. The predicted molar refractivity (Wildman–Crippen MR) is 136 cm³/mol. The number of anilines is 1. The van der Waals surface area contributed by atoms with Gasteiger partial charge in [0.2, 0.25) is 17.7 Å². The smallest absolute Gasteiger partial charge is 0.244 e. The maximum Gasteiger partial charge on any atom is 0.244 e. The zero-order valence-electron chi connectivity index (χ0n) is 21.0. The largest absolute Gasteiger partial charge is 0.494 e. The number of fused-ring (bicyclic) bond motifs is 1. The molecular formula is C26H37N3O5S. The van der Waals surface area contributed by atoms with Crippen LogP contribution in [0.3, 0.4) is 0 Å². The number of amides is 3. The molecule has 3 N–H and O–H groups in total. The molecule has 2 bridgehead atoms. The van der Waals surface area contributed by atoms with Crippen LogP contribution in [0.15, 0.2) is 24.3 Å². The number of aliphatic hydroxyl groups is 1. The first-order valence-electron chi connectivity index (χ1n) is 12.7. The first kappa shape index (κ1) is 25.8. The van der Waals surface area contributed by atoms with Crippen molar-refractivity contribution < 1.29 is 24.2 Å². The van der Waals surface area contributed by atoms with E-state index in [9.17, 15) is 19.5 Å². The average Bonchev–Trinajstić information content (AvgIpc) is 3.47. The van der Waals surface area contributed by atoms with Gasteiger partial charge in [0.15, 0.2) is 0 Å². The van der Waals surface area contributed by atoms with Crippen LogP contribution in [-0.4, -0.2) is 69.1 Å². The average molecular weight is 504 g/mol. The van der Waals surface area contributed by atoms with Gasteiger partial charge in [-0.1, -0.05) is 13.3 Å². The molecule has 3 unspecified atom stereocenters. The number of hydrogen-bond donors (Lipinski definition) is 3. The minimum Gasteiger partial charge on any atom is -0.494 e. The highest BCUT2D eigenvalue weighted by atomic mass is 32.2. The van der Waals surface area contributed by atoms with Gasteiger partial charge in [0.1, 0.15) is 11.8 Å². The Labute approximate surface area is 211 Å². The van der Waals surface area contributed by atoms with E-state index < -0.39 is 28.7 Å². The van der Waals surface area contributed by atoms with Gasteiger partial charge in [0.05, 0.1) is 35.8 Å². The third-order valence-electron chi connectivity index (χ3n) is 7.57. The molecule has 7 atom stereocenters. The summed E-state index contributed by atoms with van der Waals surface area (Å²) in [4.78, 5) is 42.4. The van der Waals surface area contributed by atoms with Gasteiger partial charge in [-0.25, -0.2) is 0 Å². The van der Waals surface area contributed by atoms with Crippen LogP contribution >= 0.6 is 11.8 Å². The molecule has 3 amide bonds. The second kappa shape index (κ2) is 10.4. The van der Waals surface area contributed by atoms with E-state index in [1.807, 2.05) is 13.8 Å². The van der Waals surface area contributed by atoms with Crippen LogP contribution in [0, 0.1) is 11.8 Å². The highest BCUT2D eigenvalue weighted by Crippen LogP contribution is 2.66. The lowest BCUT2D eigenvalue weighted by molar-refractivity contribution is -0.141. The number of nitrogens with zero attached hydrogens (tertiary/aromatic N) is 1. The summed E-state index contributed by atoms with van der Waals surface area (Å²) in [5.74, 6) is -0.944. The van der Waals surface area contributed by atoms with Crippen LogP contribution in [0.5, 0.6) is 5.75 Å². The summed E-state index contributed by atoms with van der Waals surface area (Å²) in [7, 11) is 0. The lowest BCUT2D eigenvalue weighted by atomic mass is 9.70. The molecule has 35 heavy (non-hydrogen) atoms. The number of ether oxygens (including phenoxy) is 1. The van der Waals surface area contributed by atoms with Gasteiger partial charge in [-0.15, -0.1) is 11.8 Å². The van der Waals surface area contributed by atoms with Crippen molar-refractivity contribution in [3.63, 3.8) is 0 Å². The molecule has 0 radical (unpaired) electrons. The molecule has 0 aliphatic carbocycles. The number of rotatable bonds is 10. The molecule has 1 aromatic carbocycles. The summed E-state index contributed by atoms with van der Waals surface area (Å²) in [5.41, 5.74) is 0.647. The number of carbonyl (C=O) groups is 3. The summed E-state index contributed by atoms with van der Waals surface area (Å²) in [6.45, 7) is 8.04. The molecule has 3 fully saturated rings. The van der Waals surface area contributed by atoms with E-state index in [0.29, 0.717) is 18.7 Å². The Hall–Kier alpha value is -2.26. The molecule has 0 aromatic heterocycles. The molecule has 8 nitrogen and oxygen atoms in total. The SMILES string of the molecule is CCCC(C)NC(=O)C1N([C@H](C)CO)C(=O)[C@@H]2[C@@H](C(=O)Nc3ccc(OCC)cc3)[C@H]3CCC12S3. The standard InChI is InChI=1S/C26H37N3O5S/c1-5-7-15(3)27-24(32)22-26-13-12-19(35-26)20(21(26)25(33)29(22)16(4)14-30)23(31)28-17-8-10-18(11-9-17)34-6-2/h8-11,15-16,19-22,30H,5-7,12-14H2,1-4H3,(H,27,32)(H,28,31)/t15?,16-,19-,20+,21+,22?,26?/m1/s1. The van der Waals surface area contributed by atoms with Crippen molar-refractivity contribution in [3.8, 4) is 5.75 Å². The Morgan fingerprint density at radius 1 is 1.23 bits per heavy atom. The van der Waals surface area contributed by atoms with Crippen molar-refractivity contribution in [2.24, 2.45) is 11.8 Å². The Balaban J connectivity index is 1.60. The van der Waals surface area contributed by atoms with Crippen molar-refractivity contribution in [2.45, 2.75) is 81.5 Å². The zero-order chi connectivity index (χ0) is 25.3. The van der Waals surface area contributed by atoms with Gasteiger partial charge in [-0.2, -0.15) is 0 Å². The number of thioether (sulfide) groups is 1. The van der Waals surface area contributed by atoms with Crippen LogP contribution < -0.4 is 15.4 Å². The van der Waals surface area contributed by atoms with Gasteiger partial charge in [0.25, 0.3) is 0 Å². The molecule has 3 saturated heterocycles. The number of likely N-dealkylation sites (tertiary alicyclic amines) is 1. The minimum absolute atomic E-state index is 0.00769. The van der Waals surface area contributed by atoms with Crippen LogP contribution in [0.1, 0.15) is 53.4 Å². The maximum absolute atomic E-state index is 13.8. The van der Waals surface area contributed by atoms with E-state index in [-0.39, 0.29) is 35.6 Å². The van der Waals surface area contributed by atoms with Crippen molar-refractivity contribution in [2.75, 3.05) is 18.5 Å². The summed E-state index contributed by atoms with van der Waals surface area (Å²) in [6.07, 6.45) is 3.29. The van der Waals surface area contributed by atoms with Crippen LogP contribution in [0.4, 0.5) is 5.69 Å². The lowest BCUT2D eigenvalue weighted by Crippen LogP contribution is -2.57. The molecule has 1 spiro atoms. The highest BCUT2D eigenvalue weighted by molar-refractivity contribution is 8.02. The number of hydrogen-bond acceptors (Lipinski definition) is 6. The fourth-order valence-corrected chi connectivity index (χ4v) is 8.31. The van der Waals surface area contributed by atoms with E-state index in [4.69, 9.17) is 4.74 Å². The Morgan fingerprint density at radius 3 is 2.57 bits per heavy atom. The summed E-state index contributed by atoms with van der Waals surface area (Å²) in [6, 6.07) is 5.99. The van der Waals surface area contributed by atoms with Crippen molar-refractivity contribution >= 4 is 35.2 Å². The van der Waals surface area contributed by atoms with Crippen LogP contribution in [0.25, 0.3) is 0 Å². The first-order valence-corrected chi connectivity index (χ1v) is 13.6. The lowest BCUT2D eigenvalue weighted by Gasteiger charge is -2.36. The molecule has 3 aliphatic rings. The van der Waals surface area contributed by atoms with E-state index in [0.717, 1.165) is 25.0 Å². The van der Waals surface area contributed by atoms with Crippen molar-refractivity contribution in [1.82, 2.24) is 10.2 Å². The second-order valence-electron chi connectivity index (χ2n) is 9.98. The molecule has 3 aliphatic heterocycles. The third-order valence-corrected chi connectivity index (χ3v) is 9.52. The number of benzene rings is 1. The van der Waals surface area contributed by atoms with Crippen molar-refractivity contribution in [1.29, 1.82) is 0 Å². The molecule has 0 saturated carbocycles. The molecule has 192 valence electrons. The highest BCUT2D eigenvalue weighted by Gasteiger charge is 2.74. The fraction of sp³-hybridized carbons (Fsp3) is 0.654. The van der Waals surface area contributed by atoms with Gasteiger partial charge < -0.3 is 25.4 Å². The van der Waals surface area contributed by atoms with E-state index in [1.54, 1.807) is 47.9 Å². The summed E-state index contributed by atoms with van der Waals surface area (Å²) < 4.78 is 4.82. The zero-order valence-corrected chi connectivity index (χ0v) is 21.8. The number of nitrogens with one attached hydrogen (secondary N) is 2. The van der Waals surface area contributed by atoms with Crippen LogP contribution in [-0.2, 0) is 14.4 Å². The van der Waals surface area contributed by atoms with Crippen LogP contribution in [0.2, 0.25) is 0 Å². The second-order valence-corrected chi connectivity index (χ2v) is 11.6. The van der Waals surface area contributed by atoms with E-state index in [2.05, 4.69) is 17.6 Å². The quantitative estimate of drug-likeness (QED) is 0.453. The van der Waals surface area contributed by atoms with Crippen molar-refractivity contribution in [3.05, 3.63) is 24.3 Å². The van der Waals surface area contributed by atoms with E-state index >= 15 is 0 Å². The maximum atomic E-state index is 13.8. The normalized spacial score (nSPS) is 30.7. The summed E-state index contributed by atoms with van der Waals surface area (Å²) in [5, 5.41) is 16.0. The topological polar surface area (TPSA) is 108 Å². The number of carbonyl (C=O) groups excluding carboxylic acids is 3. The Bertz CT molecular complexity index is 957. The van der Waals surface area contributed by atoms with Gasteiger partial charge in [-0.05, 0) is 64.3 Å². The van der Waals surface area contributed by atoms with E-state index in [1.165, 1.54) is 0 Å². The number of aliphatic hydroxyl groups excluding tert-OH is 1. The van der Waals surface area contributed by atoms with Gasteiger partial charge in [-0.3, -0.25) is 14.4 Å². The minimum atomic E-state index is -0.695. The predicted octanol–water partition coefficient (Wildman–Crippen LogP) is 2.80. The van der Waals surface area contributed by atoms with Gasteiger partial charge >= 0.3 is 0 Å². The first-order chi connectivity index (χ1) is 16.8. The fourth-order valence-electron chi connectivity index (χ4n) is 6.11. The Morgan fingerprint density at radius 2 is 1.94 bits per heavy atom. The molecule has 9 heteroatoms. The molecule has 3 heterocycles. The summed E-state index contributed by atoms with van der Waals surface area (Å²) >= 11 is 1.63. The Kier molecular flexibility index (Phi) is 7.66.